The minimum Gasteiger partial charge on any atom is -0.493 e. The molecule has 102 valence electrons. The van der Waals surface area contributed by atoms with Crippen LogP contribution in [0, 0.1) is 0 Å². The predicted molar refractivity (Wildman–Crippen MR) is 71.9 cm³/mol. The molecule has 0 bridgehead atoms. The lowest BCUT2D eigenvalue weighted by Crippen LogP contribution is -2.06. The quantitative estimate of drug-likeness (QED) is 0.894. The van der Waals surface area contributed by atoms with Crippen molar-refractivity contribution in [2.24, 2.45) is 0 Å². The summed E-state index contributed by atoms with van der Waals surface area (Å²) in [4.78, 5) is 4.69. The summed E-state index contributed by atoms with van der Waals surface area (Å²) in [5.41, 5.74) is 1.89. The highest BCUT2D eigenvalue weighted by molar-refractivity contribution is 5.81. The van der Waals surface area contributed by atoms with Crippen LogP contribution in [-0.2, 0) is 6.54 Å². The number of methoxy groups -OCH3 is 2. The van der Waals surface area contributed by atoms with Gasteiger partial charge in [-0.3, -0.25) is 0 Å². The van der Waals surface area contributed by atoms with E-state index in [1.807, 2.05) is 12.1 Å². The molecule has 3 rings (SSSR count). The molecule has 1 heterocycles. The van der Waals surface area contributed by atoms with Gasteiger partial charge in [0.25, 0.3) is 0 Å². The van der Waals surface area contributed by atoms with Crippen molar-refractivity contribution in [2.45, 2.75) is 25.3 Å². The van der Waals surface area contributed by atoms with E-state index in [0.29, 0.717) is 24.0 Å². The smallest absolute Gasteiger partial charge is 0.163 e. The summed E-state index contributed by atoms with van der Waals surface area (Å²) in [5.74, 6) is 2.98. The van der Waals surface area contributed by atoms with Crippen LogP contribution in [0.3, 0.4) is 0 Å². The number of rotatable bonds is 5. The van der Waals surface area contributed by atoms with Gasteiger partial charge in [-0.1, -0.05) is 0 Å². The number of nitrogens with zero attached hydrogens (tertiary/aromatic N) is 2. The van der Waals surface area contributed by atoms with Crippen molar-refractivity contribution in [1.82, 2.24) is 9.55 Å². The van der Waals surface area contributed by atoms with Crippen molar-refractivity contribution in [3.63, 3.8) is 0 Å². The summed E-state index contributed by atoms with van der Waals surface area (Å²) in [7, 11) is 3.24. The lowest BCUT2D eigenvalue weighted by molar-refractivity contribution is 0.276. The maximum absolute atomic E-state index is 9.25. The Labute approximate surface area is 111 Å². The highest BCUT2D eigenvalue weighted by atomic mass is 16.5. The van der Waals surface area contributed by atoms with E-state index in [0.717, 1.165) is 16.9 Å². The molecule has 0 amide bonds. The monoisotopic (exact) mass is 262 g/mol. The van der Waals surface area contributed by atoms with E-state index in [2.05, 4.69) is 4.57 Å². The van der Waals surface area contributed by atoms with Crippen molar-refractivity contribution in [1.29, 1.82) is 0 Å². The van der Waals surface area contributed by atoms with E-state index < -0.39 is 0 Å². The third kappa shape index (κ3) is 2.04. The Kier molecular flexibility index (Phi) is 3.06. The highest BCUT2D eigenvalue weighted by Crippen LogP contribution is 2.42. The standard InChI is InChI=1S/C14H18N2O3/c1-18-12-7-10-11(8-13(12)19-2)16(5-6-17)14(15-10)9-3-4-9/h7-9,17H,3-6H2,1-2H3. The second-order valence-corrected chi connectivity index (χ2v) is 4.82. The molecule has 0 atom stereocenters. The maximum Gasteiger partial charge on any atom is 0.163 e. The minimum atomic E-state index is 0.111. The predicted octanol–water partition coefficient (Wildman–Crippen LogP) is 1.92. The molecule has 19 heavy (non-hydrogen) atoms. The Morgan fingerprint density at radius 1 is 1.26 bits per heavy atom. The van der Waals surface area contributed by atoms with E-state index in [1.165, 1.54) is 12.8 Å². The van der Waals surface area contributed by atoms with E-state index in [4.69, 9.17) is 14.5 Å². The third-order valence-electron chi connectivity index (χ3n) is 3.55. The number of aromatic nitrogens is 2. The van der Waals surface area contributed by atoms with Gasteiger partial charge in [0, 0.05) is 24.6 Å². The number of hydrogen-bond donors (Lipinski definition) is 1. The molecule has 1 aliphatic carbocycles. The Morgan fingerprint density at radius 2 is 1.95 bits per heavy atom. The van der Waals surface area contributed by atoms with Crippen LogP contribution in [0.4, 0.5) is 0 Å². The molecule has 0 saturated heterocycles. The normalized spacial score (nSPS) is 14.9. The molecule has 5 heteroatoms. The highest BCUT2D eigenvalue weighted by Gasteiger charge is 2.29. The first kappa shape index (κ1) is 12.3. The number of aliphatic hydroxyl groups is 1. The fourth-order valence-electron chi connectivity index (χ4n) is 2.46. The first-order valence-electron chi connectivity index (χ1n) is 6.51. The van der Waals surface area contributed by atoms with E-state index >= 15 is 0 Å². The number of ether oxygens (including phenoxy) is 2. The van der Waals surface area contributed by atoms with Crippen molar-refractivity contribution < 1.29 is 14.6 Å². The van der Waals surface area contributed by atoms with Crippen molar-refractivity contribution >= 4 is 11.0 Å². The summed E-state index contributed by atoms with van der Waals surface area (Å²) in [6.07, 6.45) is 2.37. The Hall–Kier alpha value is -1.75. The first-order chi connectivity index (χ1) is 9.28. The van der Waals surface area contributed by atoms with Gasteiger partial charge in [-0.2, -0.15) is 0 Å². The molecule has 0 radical (unpaired) electrons. The van der Waals surface area contributed by atoms with Crippen molar-refractivity contribution in [3.8, 4) is 11.5 Å². The lowest BCUT2D eigenvalue weighted by Gasteiger charge is -2.09. The Morgan fingerprint density at radius 3 is 2.53 bits per heavy atom. The molecule has 1 aromatic heterocycles. The van der Waals surface area contributed by atoms with E-state index in [1.54, 1.807) is 14.2 Å². The second-order valence-electron chi connectivity index (χ2n) is 4.82. The van der Waals surface area contributed by atoms with Crippen molar-refractivity contribution in [3.05, 3.63) is 18.0 Å². The fourth-order valence-corrected chi connectivity index (χ4v) is 2.46. The van der Waals surface area contributed by atoms with Crippen LogP contribution in [0.15, 0.2) is 12.1 Å². The molecule has 1 aliphatic rings. The number of benzene rings is 1. The number of imidazole rings is 1. The molecule has 2 aromatic rings. The summed E-state index contributed by atoms with van der Waals surface area (Å²) >= 11 is 0. The van der Waals surface area contributed by atoms with Crippen LogP contribution in [0.2, 0.25) is 0 Å². The zero-order chi connectivity index (χ0) is 13.4. The van der Waals surface area contributed by atoms with Crippen molar-refractivity contribution in [2.75, 3.05) is 20.8 Å². The van der Waals surface area contributed by atoms with Gasteiger partial charge >= 0.3 is 0 Å². The molecule has 0 aliphatic heterocycles. The van der Waals surface area contributed by atoms with Crippen LogP contribution < -0.4 is 9.47 Å². The number of aliphatic hydroxyl groups excluding tert-OH is 1. The zero-order valence-electron chi connectivity index (χ0n) is 11.2. The summed E-state index contributed by atoms with van der Waals surface area (Å²) in [6, 6.07) is 3.83. The van der Waals surface area contributed by atoms with Crippen LogP contribution >= 0.6 is 0 Å². The van der Waals surface area contributed by atoms with Crippen LogP contribution in [0.25, 0.3) is 11.0 Å². The summed E-state index contributed by atoms with van der Waals surface area (Å²) in [5, 5.41) is 9.25. The van der Waals surface area contributed by atoms with Gasteiger partial charge in [0.15, 0.2) is 11.5 Å². The Bertz CT molecular complexity index is 602. The summed E-state index contributed by atoms with van der Waals surface area (Å²) in [6.45, 7) is 0.678. The summed E-state index contributed by atoms with van der Waals surface area (Å²) < 4.78 is 12.7. The topological polar surface area (TPSA) is 56.5 Å². The van der Waals surface area contributed by atoms with Gasteiger partial charge < -0.3 is 19.1 Å². The molecule has 0 spiro atoms. The van der Waals surface area contributed by atoms with Gasteiger partial charge in [-0.05, 0) is 12.8 Å². The first-order valence-corrected chi connectivity index (χ1v) is 6.51. The van der Waals surface area contributed by atoms with E-state index in [9.17, 15) is 5.11 Å². The van der Waals surface area contributed by atoms with Gasteiger partial charge in [0.1, 0.15) is 5.82 Å². The van der Waals surface area contributed by atoms with Crippen LogP contribution in [0.1, 0.15) is 24.6 Å². The molecular formula is C14H18N2O3. The molecular weight excluding hydrogens is 244 g/mol. The SMILES string of the molecule is COc1cc2nc(C3CC3)n(CCO)c2cc1OC. The van der Waals surface area contributed by atoms with Crippen LogP contribution in [-0.4, -0.2) is 35.5 Å². The van der Waals surface area contributed by atoms with E-state index in [-0.39, 0.29) is 6.61 Å². The van der Waals surface area contributed by atoms with Gasteiger partial charge in [0.2, 0.25) is 0 Å². The van der Waals surface area contributed by atoms with Gasteiger partial charge in [0.05, 0.1) is 31.9 Å². The molecule has 1 N–H and O–H groups in total. The zero-order valence-corrected chi connectivity index (χ0v) is 11.2. The maximum atomic E-state index is 9.25. The largest absolute Gasteiger partial charge is 0.493 e. The Balaban J connectivity index is 2.19. The van der Waals surface area contributed by atoms with Gasteiger partial charge in [-0.15, -0.1) is 0 Å². The molecule has 5 nitrogen and oxygen atoms in total. The average Bonchev–Trinajstić information content (AvgIpc) is 3.22. The number of fused-ring (bicyclic) bond motifs is 1. The average molecular weight is 262 g/mol. The lowest BCUT2D eigenvalue weighted by atomic mass is 10.2. The van der Waals surface area contributed by atoms with Crippen LogP contribution in [0.5, 0.6) is 11.5 Å². The second kappa shape index (κ2) is 4.74. The third-order valence-corrected chi connectivity index (χ3v) is 3.55. The minimum absolute atomic E-state index is 0.111. The number of hydrogen-bond acceptors (Lipinski definition) is 4. The fraction of sp³-hybridized carbons (Fsp3) is 0.500. The molecule has 1 saturated carbocycles. The molecule has 0 unspecified atom stereocenters. The van der Waals surface area contributed by atoms with Gasteiger partial charge in [-0.25, -0.2) is 4.98 Å². The molecule has 1 aromatic carbocycles. The molecule has 1 fully saturated rings.